The third-order valence-electron chi connectivity index (χ3n) is 8.59. The van der Waals surface area contributed by atoms with Gasteiger partial charge in [0.05, 0.1) is 6.42 Å². The molecule has 0 spiro atoms. The van der Waals surface area contributed by atoms with Crippen molar-refractivity contribution < 1.29 is 4.79 Å². The molecule has 0 saturated carbocycles. The Balaban J connectivity index is 1.18. The zero-order chi connectivity index (χ0) is 30.8. The van der Waals surface area contributed by atoms with Crippen LogP contribution >= 0.6 is 0 Å². The van der Waals surface area contributed by atoms with Crippen molar-refractivity contribution in [3.8, 4) is 11.1 Å². The van der Waals surface area contributed by atoms with Crippen LogP contribution in [0.1, 0.15) is 16.7 Å². The van der Waals surface area contributed by atoms with Gasteiger partial charge in [-0.25, -0.2) is 0 Å². The van der Waals surface area contributed by atoms with E-state index < -0.39 is 0 Å². The summed E-state index contributed by atoms with van der Waals surface area (Å²) >= 11 is 0. The maximum Gasteiger partial charge on any atom is 0.224 e. The fraction of sp³-hybridized carbons (Fsp3) is 0.195. The Morgan fingerprint density at radius 2 is 1.09 bits per heavy atom. The highest BCUT2D eigenvalue weighted by Crippen LogP contribution is 2.22. The molecule has 45 heavy (non-hydrogen) atoms. The molecule has 0 aliphatic carbocycles. The Labute approximate surface area is 266 Å². The van der Waals surface area contributed by atoms with E-state index in [4.69, 9.17) is 0 Å². The van der Waals surface area contributed by atoms with Gasteiger partial charge in [-0.15, -0.1) is 0 Å². The Morgan fingerprint density at radius 1 is 0.556 bits per heavy atom. The highest BCUT2D eigenvalue weighted by Gasteiger charge is 2.18. The standard InChI is InChI=1S/C41H41N3O/c1-42-28-37(26-35-17-9-15-33-13-5-7-19-39(33)35)43-29-38(27-36-18-10-16-34-14-6-8-20-40(34)36)44-41(45)25-30-21-23-32(24-22-30)31-11-3-2-4-12-31/h2-24,37-38,42-43H,25-29H2,1H3,(H,44,45)/t37-,38+/m0/s1. The first-order chi connectivity index (χ1) is 22.2. The maximum atomic E-state index is 13.5. The van der Waals surface area contributed by atoms with E-state index in [-0.39, 0.29) is 18.0 Å². The molecule has 0 fully saturated rings. The summed E-state index contributed by atoms with van der Waals surface area (Å²) in [6, 6.07) is 48.8. The number of hydrogen-bond acceptors (Lipinski definition) is 3. The summed E-state index contributed by atoms with van der Waals surface area (Å²) < 4.78 is 0. The van der Waals surface area contributed by atoms with E-state index in [1.54, 1.807) is 0 Å². The van der Waals surface area contributed by atoms with Gasteiger partial charge in [0.15, 0.2) is 0 Å². The van der Waals surface area contributed by atoms with Crippen LogP contribution in [0.5, 0.6) is 0 Å². The van der Waals surface area contributed by atoms with Crippen molar-refractivity contribution in [2.24, 2.45) is 0 Å². The molecule has 0 aromatic heterocycles. The van der Waals surface area contributed by atoms with E-state index in [0.29, 0.717) is 13.0 Å². The molecule has 226 valence electrons. The third-order valence-corrected chi connectivity index (χ3v) is 8.59. The van der Waals surface area contributed by atoms with Crippen molar-refractivity contribution in [2.45, 2.75) is 31.3 Å². The molecule has 0 heterocycles. The van der Waals surface area contributed by atoms with Gasteiger partial charge in [-0.1, -0.05) is 140 Å². The van der Waals surface area contributed by atoms with Crippen LogP contribution in [0.4, 0.5) is 0 Å². The van der Waals surface area contributed by atoms with Crippen LogP contribution in [-0.2, 0) is 24.1 Å². The van der Waals surface area contributed by atoms with Crippen molar-refractivity contribution >= 4 is 27.5 Å². The molecule has 6 aromatic rings. The van der Waals surface area contributed by atoms with Gasteiger partial charge in [-0.3, -0.25) is 4.79 Å². The van der Waals surface area contributed by atoms with Crippen LogP contribution in [0.25, 0.3) is 32.7 Å². The van der Waals surface area contributed by atoms with Gasteiger partial charge in [0, 0.05) is 25.2 Å². The fourth-order valence-electron chi connectivity index (χ4n) is 6.33. The summed E-state index contributed by atoms with van der Waals surface area (Å²) in [6.07, 6.45) is 1.98. The Bertz CT molecular complexity index is 1840. The van der Waals surface area contributed by atoms with E-state index in [9.17, 15) is 4.79 Å². The molecule has 0 bridgehead atoms. The average Bonchev–Trinajstić information content (AvgIpc) is 3.08. The lowest BCUT2D eigenvalue weighted by atomic mass is 9.97. The smallest absolute Gasteiger partial charge is 0.224 e. The van der Waals surface area contributed by atoms with Crippen molar-refractivity contribution in [1.29, 1.82) is 0 Å². The van der Waals surface area contributed by atoms with Crippen molar-refractivity contribution in [1.82, 2.24) is 16.0 Å². The second kappa shape index (κ2) is 14.8. The Hall–Kier alpha value is -4.77. The maximum absolute atomic E-state index is 13.5. The quantitative estimate of drug-likeness (QED) is 0.132. The number of hydrogen-bond donors (Lipinski definition) is 3. The minimum atomic E-state index is -0.0706. The van der Waals surface area contributed by atoms with Gasteiger partial charge in [0.1, 0.15) is 0 Å². The predicted octanol–water partition coefficient (Wildman–Crippen LogP) is 7.35. The number of fused-ring (bicyclic) bond motifs is 2. The van der Waals surface area contributed by atoms with E-state index in [1.807, 2.05) is 25.2 Å². The van der Waals surface area contributed by atoms with Crippen LogP contribution < -0.4 is 16.0 Å². The molecule has 6 rings (SSSR count). The van der Waals surface area contributed by atoms with Gasteiger partial charge in [0.2, 0.25) is 5.91 Å². The number of carbonyl (C=O) groups excluding carboxylic acids is 1. The lowest BCUT2D eigenvalue weighted by molar-refractivity contribution is -0.121. The molecule has 0 saturated heterocycles. The molecule has 6 aromatic carbocycles. The molecule has 0 aliphatic rings. The topological polar surface area (TPSA) is 53.2 Å². The van der Waals surface area contributed by atoms with Gasteiger partial charge in [-0.2, -0.15) is 0 Å². The van der Waals surface area contributed by atoms with Crippen LogP contribution in [0, 0.1) is 0 Å². The van der Waals surface area contributed by atoms with Crippen LogP contribution in [0.3, 0.4) is 0 Å². The first-order valence-electron chi connectivity index (χ1n) is 15.9. The predicted molar refractivity (Wildman–Crippen MR) is 189 cm³/mol. The second-order valence-corrected chi connectivity index (χ2v) is 11.9. The molecule has 0 radical (unpaired) electrons. The van der Waals surface area contributed by atoms with Crippen LogP contribution in [-0.4, -0.2) is 38.1 Å². The lowest BCUT2D eigenvalue weighted by Gasteiger charge is -2.25. The summed E-state index contributed by atoms with van der Waals surface area (Å²) in [4.78, 5) is 13.5. The number of likely N-dealkylation sites (N-methyl/N-ethyl adjacent to an activating group) is 1. The molecule has 1 amide bonds. The van der Waals surface area contributed by atoms with E-state index >= 15 is 0 Å². The number of nitrogens with one attached hydrogen (secondary N) is 3. The van der Waals surface area contributed by atoms with Crippen LogP contribution in [0.15, 0.2) is 140 Å². The zero-order valence-electron chi connectivity index (χ0n) is 25.9. The summed E-state index contributed by atoms with van der Waals surface area (Å²) in [7, 11) is 2.00. The second-order valence-electron chi connectivity index (χ2n) is 11.9. The van der Waals surface area contributed by atoms with E-state index in [1.165, 1.54) is 38.2 Å². The summed E-state index contributed by atoms with van der Waals surface area (Å²) in [5.41, 5.74) is 5.91. The Kier molecular flexibility index (Phi) is 9.96. The van der Waals surface area contributed by atoms with Crippen molar-refractivity contribution in [3.05, 3.63) is 156 Å². The first kappa shape index (κ1) is 30.3. The minimum absolute atomic E-state index is 0.0358. The van der Waals surface area contributed by atoms with Gasteiger partial charge in [0.25, 0.3) is 0 Å². The van der Waals surface area contributed by atoms with Gasteiger partial charge >= 0.3 is 0 Å². The molecule has 4 heteroatoms. The number of benzene rings is 6. The van der Waals surface area contributed by atoms with Crippen LogP contribution in [0.2, 0.25) is 0 Å². The monoisotopic (exact) mass is 591 g/mol. The highest BCUT2D eigenvalue weighted by atomic mass is 16.1. The highest BCUT2D eigenvalue weighted by molar-refractivity contribution is 5.86. The SMILES string of the molecule is CNC[C@H](Cc1cccc2ccccc12)NC[C@@H](Cc1cccc2ccccc12)NC(=O)Cc1ccc(-c2ccccc2)cc1. The molecule has 0 aliphatic heterocycles. The van der Waals surface area contributed by atoms with E-state index in [0.717, 1.165) is 30.5 Å². The number of carbonyl (C=O) groups is 1. The van der Waals surface area contributed by atoms with E-state index in [2.05, 4.69) is 137 Å². The molecule has 0 unspecified atom stereocenters. The van der Waals surface area contributed by atoms with Gasteiger partial charge < -0.3 is 16.0 Å². The average molecular weight is 592 g/mol. The molecular formula is C41H41N3O. The summed E-state index contributed by atoms with van der Waals surface area (Å²) in [5.74, 6) is 0.0358. The summed E-state index contributed by atoms with van der Waals surface area (Å²) in [5, 5.41) is 15.6. The molecule has 2 atom stereocenters. The van der Waals surface area contributed by atoms with Crippen molar-refractivity contribution in [3.63, 3.8) is 0 Å². The minimum Gasteiger partial charge on any atom is -0.351 e. The third kappa shape index (κ3) is 7.85. The largest absolute Gasteiger partial charge is 0.351 e. The lowest BCUT2D eigenvalue weighted by Crippen LogP contribution is -2.49. The fourth-order valence-corrected chi connectivity index (χ4v) is 6.33. The molecular weight excluding hydrogens is 550 g/mol. The zero-order valence-corrected chi connectivity index (χ0v) is 25.9. The normalized spacial score (nSPS) is 12.6. The molecule has 3 N–H and O–H groups in total. The molecule has 4 nitrogen and oxygen atoms in total. The first-order valence-corrected chi connectivity index (χ1v) is 15.9. The number of rotatable bonds is 13. The Morgan fingerprint density at radius 3 is 1.71 bits per heavy atom. The summed E-state index contributed by atoms with van der Waals surface area (Å²) in [6.45, 7) is 1.49. The van der Waals surface area contributed by atoms with Gasteiger partial charge in [-0.05, 0) is 69.3 Å². The number of amides is 1. The van der Waals surface area contributed by atoms with Crippen molar-refractivity contribution in [2.75, 3.05) is 20.1 Å².